The minimum Gasteiger partial charge on any atom is -0.356 e. The molecule has 5 rings (SSSR count). The lowest BCUT2D eigenvalue weighted by atomic mass is 10.2. The molecule has 2 aromatic heterocycles. The highest BCUT2D eigenvalue weighted by molar-refractivity contribution is 5.57. The number of rotatable bonds is 8. The molecule has 2 N–H and O–H groups in total. The van der Waals surface area contributed by atoms with E-state index in [0.717, 1.165) is 43.0 Å². The van der Waals surface area contributed by atoms with E-state index in [1.165, 1.54) is 32.1 Å². The molecule has 0 aromatic carbocycles. The van der Waals surface area contributed by atoms with Gasteiger partial charge >= 0.3 is 0 Å². The summed E-state index contributed by atoms with van der Waals surface area (Å²) in [6.45, 7) is 5.30. The first-order valence-corrected chi connectivity index (χ1v) is 10.2. The lowest BCUT2D eigenvalue weighted by Crippen LogP contribution is -2.37. The van der Waals surface area contributed by atoms with E-state index in [2.05, 4.69) is 43.5 Å². The summed E-state index contributed by atoms with van der Waals surface area (Å²) in [5.41, 5.74) is 0.804. The molecule has 1 atom stereocenters. The van der Waals surface area contributed by atoms with Gasteiger partial charge in [-0.2, -0.15) is 15.0 Å². The number of nitrogens with zero attached hydrogens (tertiary/aromatic N) is 5. The van der Waals surface area contributed by atoms with Gasteiger partial charge in [0.2, 0.25) is 11.9 Å². The smallest absolute Gasteiger partial charge is 0.228 e. The molecule has 1 aliphatic heterocycles. The first-order valence-electron chi connectivity index (χ1n) is 10.2. The highest BCUT2D eigenvalue weighted by Crippen LogP contribution is 2.34. The molecule has 7 heteroatoms. The van der Waals surface area contributed by atoms with Crippen LogP contribution in [0.25, 0.3) is 11.5 Å². The Labute approximate surface area is 160 Å². The molecule has 2 aromatic rings. The van der Waals surface area contributed by atoms with Gasteiger partial charge in [-0.05, 0) is 63.0 Å². The van der Waals surface area contributed by atoms with Crippen molar-refractivity contribution in [2.24, 2.45) is 11.8 Å². The Hall–Kier alpha value is -2.44. The van der Waals surface area contributed by atoms with Crippen LogP contribution >= 0.6 is 0 Å². The Bertz CT molecular complexity index is 812. The number of aromatic nitrogens is 4. The summed E-state index contributed by atoms with van der Waals surface area (Å²) in [5.74, 6) is 4.44. The topological polar surface area (TPSA) is 78.9 Å². The van der Waals surface area contributed by atoms with Crippen molar-refractivity contribution in [1.29, 1.82) is 0 Å². The highest BCUT2D eigenvalue weighted by atomic mass is 15.2. The van der Waals surface area contributed by atoms with E-state index in [1.54, 1.807) is 0 Å². The van der Waals surface area contributed by atoms with E-state index >= 15 is 0 Å². The summed E-state index contributed by atoms with van der Waals surface area (Å²) in [5, 5.41) is 6.87. The number of hydrogen-bond acceptors (Lipinski definition) is 7. The minimum absolute atomic E-state index is 0.386. The van der Waals surface area contributed by atoms with Crippen LogP contribution in [0, 0.1) is 11.8 Å². The molecule has 2 aliphatic carbocycles. The standard InChI is InChI=1S/C20H27N7/c1-13(15-8-9-15)22-20-25-18(24-19(26-20)21-12-14-6-7-14)16-4-2-5-17(23-16)27-10-3-11-27/h2,4-5,13-15H,3,6-12H2,1H3,(H2,21,22,24,25,26)/t13-/m1/s1. The Morgan fingerprint density at radius 2 is 1.85 bits per heavy atom. The fourth-order valence-corrected chi connectivity index (χ4v) is 3.38. The van der Waals surface area contributed by atoms with Crippen molar-refractivity contribution in [3.05, 3.63) is 18.2 Å². The number of hydrogen-bond donors (Lipinski definition) is 2. The SMILES string of the molecule is C[C@@H](Nc1nc(NCC2CC2)nc(-c2cccc(N3CCC3)n2)n1)C1CC1. The summed E-state index contributed by atoms with van der Waals surface area (Å²) in [6.07, 6.45) is 6.42. The van der Waals surface area contributed by atoms with E-state index in [9.17, 15) is 0 Å². The molecule has 7 nitrogen and oxygen atoms in total. The summed E-state index contributed by atoms with van der Waals surface area (Å²) in [6, 6.07) is 6.47. The van der Waals surface area contributed by atoms with Gasteiger partial charge in [-0.25, -0.2) is 4.98 Å². The van der Waals surface area contributed by atoms with Gasteiger partial charge in [-0.15, -0.1) is 0 Å². The third kappa shape index (κ3) is 3.96. The van der Waals surface area contributed by atoms with Gasteiger partial charge in [0.05, 0.1) is 0 Å². The fourth-order valence-electron chi connectivity index (χ4n) is 3.38. The van der Waals surface area contributed by atoms with Gasteiger partial charge in [-0.1, -0.05) is 6.07 Å². The molecule has 27 heavy (non-hydrogen) atoms. The van der Waals surface area contributed by atoms with Crippen molar-refractivity contribution in [2.45, 2.75) is 45.1 Å². The van der Waals surface area contributed by atoms with Gasteiger partial charge in [0.15, 0.2) is 5.82 Å². The van der Waals surface area contributed by atoms with E-state index in [-0.39, 0.29) is 0 Å². The summed E-state index contributed by atoms with van der Waals surface area (Å²) < 4.78 is 0. The summed E-state index contributed by atoms with van der Waals surface area (Å²) in [7, 11) is 0. The van der Waals surface area contributed by atoms with Gasteiger partial charge in [-0.3, -0.25) is 0 Å². The monoisotopic (exact) mass is 365 g/mol. The second-order valence-electron chi connectivity index (χ2n) is 8.12. The maximum absolute atomic E-state index is 4.80. The fraction of sp³-hybridized carbons (Fsp3) is 0.600. The van der Waals surface area contributed by atoms with Crippen LogP contribution in [-0.4, -0.2) is 45.6 Å². The van der Waals surface area contributed by atoms with Crippen molar-refractivity contribution in [1.82, 2.24) is 19.9 Å². The second kappa shape index (κ2) is 6.94. The van der Waals surface area contributed by atoms with Gasteiger partial charge < -0.3 is 15.5 Å². The van der Waals surface area contributed by atoms with Crippen LogP contribution in [0.4, 0.5) is 17.7 Å². The van der Waals surface area contributed by atoms with Crippen LogP contribution in [0.3, 0.4) is 0 Å². The zero-order chi connectivity index (χ0) is 18.2. The van der Waals surface area contributed by atoms with Gasteiger partial charge in [0.25, 0.3) is 0 Å². The van der Waals surface area contributed by atoms with Crippen LogP contribution in [0.5, 0.6) is 0 Å². The quantitative estimate of drug-likeness (QED) is 0.744. The summed E-state index contributed by atoms with van der Waals surface area (Å²) in [4.78, 5) is 21.0. The molecule has 0 spiro atoms. The third-order valence-corrected chi connectivity index (χ3v) is 5.71. The molecule has 3 fully saturated rings. The van der Waals surface area contributed by atoms with Crippen molar-refractivity contribution in [3.8, 4) is 11.5 Å². The number of nitrogens with one attached hydrogen (secondary N) is 2. The molecule has 142 valence electrons. The van der Waals surface area contributed by atoms with E-state index < -0.39 is 0 Å². The molecule has 0 amide bonds. The third-order valence-electron chi connectivity index (χ3n) is 5.71. The Kier molecular flexibility index (Phi) is 4.30. The lowest BCUT2D eigenvalue weighted by Gasteiger charge is -2.32. The normalized spacial score (nSPS) is 20.1. The molecular weight excluding hydrogens is 338 g/mol. The maximum atomic E-state index is 4.80. The molecule has 3 aliphatic rings. The molecule has 0 unspecified atom stereocenters. The van der Waals surface area contributed by atoms with Crippen LogP contribution in [-0.2, 0) is 0 Å². The first kappa shape index (κ1) is 16.7. The molecular formula is C20H27N7. The predicted molar refractivity (Wildman–Crippen MR) is 107 cm³/mol. The van der Waals surface area contributed by atoms with Crippen LogP contribution in [0.15, 0.2) is 18.2 Å². The largest absolute Gasteiger partial charge is 0.356 e. The van der Waals surface area contributed by atoms with Gasteiger partial charge in [0, 0.05) is 25.7 Å². The van der Waals surface area contributed by atoms with Crippen LogP contribution in [0.1, 0.15) is 39.0 Å². The predicted octanol–water partition coefficient (Wildman–Crippen LogP) is 3.18. The second-order valence-corrected chi connectivity index (χ2v) is 8.12. The van der Waals surface area contributed by atoms with Crippen LogP contribution < -0.4 is 15.5 Å². The minimum atomic E-state index is 0.386. The van der Waals surface area contributed by atoms with Gasteiger partial charge in [0.1, 0.15) is 11.5 Å². The van der Waals surface area contributed by atoms with Crippen molar-refractivity contribution in [2.75, 3.05) is 35.2 Å². The average Bonchev–Trinajstić information content (AvgIpc) is 3.53. The average molecular weight is 365 g/mol. The number of anilines is 3. The van der Waals surface area contributed by atoms with Crippen LogP contribution in [0.2, 0.25) is 0 Å². The molecule has 0 radical (unpaired) electrons. The van der Waals surface area contributed by atoms with E-state index in [4.69, 9.17) is 4.98 Å². The highest BCUT2D eigenvalue weighted by Gasteiger charge is 2.29. The lowest BCUT2D eigenvalue weighted by molar-refractivity contribution is 0.610. The first-order chi connectivity index (χ1) is 13.2. The molecule has 0 bridgehead atoms. The Morgan fingerprint density at radius 3 is 2.56 bits per heavy atom. The van der Waals surface area contributed by atoms with Crippen molar-refractivity contribution >= 4 is 17.7 Å². The Balaban J connectivity index is 1.42. The van der Waals surface area contributed by atoms with Crippen molar-refractivity contribution in [3.63, 3.8) is 0 Å². The zero-order valence-electron chi connectivity index (χ0n) is 15.9. The molecule has 2 saturated carbocycles. The van der Waals surface area contributed by atoms with Crippen molar-refractivity contribution < 1.29 is 0 Å². The Morgan fingerprint density at radius 1 is 1.04 bits per heavy atom. The number of pyridine rings is 1. The maximum Gasteiger partial charge on any atom is 0.228 e. The molecule has 3 heterocycles. The zero-order valence-corrected chi connectivity index (χ0v) is 15.9. The summed E-state index contributed by atoms with van der Waals surface area (Å²) >= 11 is 0. The van der Waals surface area contributed by atoms with E-state index in [1.807, 2.05) is 12.1 Å². The van der Waals surface area contributed by atoms with E-state index in [0.29, 0.717) is 23.8 Å². The molecule has 1 saturated heterocycles.